The van der Waals surface area contributed by atoms with Crippen LogP contribution in [0.1, 0.15) is 129 Å². The molecule has 0 saturated heterocycles. The van der Waals surface area contributed by atoms with Crippen LogP contribution in [0, 0.1) is 0 Å². The van der Waals surface area contributed by atoms with E-state index in [1.165, 1.54) is 127 Å². The van der Waals surface area contributed by atoms with Gasteiger partial charge in [0, 0.05) is 0 Å². The van der Waals surface area contributed by atoms with Crippen LogP contribution in [0.4, 0.5) is 0 Å². The monoisotopic (exact) mass is 492 g/mol. The number of aromatic nitrogens is 2. The molecule has 1 aromatic heterocycles. The Balaban J connectivity index is 0.00000578. The molecule has 1 heterocycles. The number of para-hydroxylation sites is 2. The Kier molecular flexibility index (Phi) is 19.3. The van der Waals surface area contributed by atoms with Crippen LogP contribution in [-0.4, -0.2) is 11.2 Å². The molecule has 2 aromatic rings. The normalized spacial score (nSPS) is 11.2. The fraction of sp³-hybridized carbons (Fsp3) is 0.767. The average Bonchev–Trinajstić information content (AvgIpc) is 3.19. The number of nitrogens with zero attached hydrogens (tertiary/aromatic N) is 2. The summed E-state index contributed by atoms with van der Waals surface area (Å²) in [4.78, 5) is 0. The number of halogens is 1. The van der Waals surface area contributed by atoms with E-state index in [9.17, 15) is 0 Å². The van der Waals surface area contributed by atoms with Crippen LogP contribution in [0.25, 0.3) is 11.0 Å². The fourth-order valence-corrected chi connectivity index (χ4v) is 4.79. The molecule has 2 rings (SSSR count). The Hall–Kier alpha value is -1.06. The minimum absolute atomic E-state index is 0. The highest BCUT2D eigenvalue weighted by molar-refractivity contribution is 5.71. The Morgan fingerprint density at radius 1 is 0.647 bits per heavy atom. The number of benzene rings is 1. The summed E-state index contributed by atoms with van der Waals surface area (Å²) in [5, 5.41) is 0. The molecule has 0 aliphatic rings. The maximum atomic E-state index is 6.05. The van der Waals surface area contributed by atoms with Gasteiger partial charge in [-0.05, 0) is 31.4 Å². The minimum Gasteiger partial charge on any atom is -1.00 e. The maximum Gasteiger partial charge on any atom is 0.246 e. The van der Waals surface area contributed by atoms with Crippen LogP contribution in [-0.2, 0) is 18.0 Å². The first-order valence-corrected chi connectivity index (χ1v) is 14.4. The van der Waals surface area contributed by atoms with Crippen molar-refractivity contribution in [1.82, 2.24) is 4.57 Å². The molecule has 4 heteroatoms. The van der Waals surface area contributed by atoms with E-state index >= 15 is 0 Å². The van der Waals surface area contributed by atoms with Gasteiger partial charge in [-0.15, -0.1) is 0 Å². The van der Waals surface area contributed by atoms with Crippen molar-refractivity contribution < 1.29 is 21.7 Å². The van der Waals surface area contributed by atoms with Crippen molar-refractivity contribution in [2.24, 2.45) is 0 Å². The van der Waals surface area contributed by atoms with E-state index in [2.05, 4.69) is 53.6 Å². The third kappa shape index (κ3) is 13.1. The Morgan fingerprint density at radius 2 is 1.15 bits per heavy atom. The lowest BCUT2D eigenvalue weighted by Gasteiger charge is -2.04. The maximum absolute atomic E-state index is 6.05. The van der Waals surface area contributed by atoms with Crippen LogP contribution >= 0.6 is 0 Å². The van der Waals surface area contributed by atoms with Crippen molar-refractivity contribution >= 4 is 11.0 Å². The highest BCUT2D eigenvalue weighted by atomic mass is 35.5. The van der Waals surface area contributed by atoms with E-state index in [1.807, 2.05) is 0 Å². The lowest BCUT2D eigenvalue weighted by Crippen LogP contribution is -3.00. The second-order valence-corrected chi connectivity index (χ2v) is 9.96. The number of hydrogen-bond acceptors (Lipinski definition) is 1. The molecule has 196 valence electrons. The van der Waals surface area contributed by atoms with E-state index < -0.39 is 0 Å². The van der Waals surface area contributed by atoms with Gasteiger partial charge in [-0.1, -0.05) is 122 Å². The summed E-state index contributed by atoms with van der Waals surface area (Å²) in [6.07, 6.45) is 27.0. The van der Waals surface area contributed by atoms with Gasteiger partial charge in [-0.2, -0.15) is 0 Å². The van der Waals surface area contributed by atoms with Gasteiger partial charge in [0.05, 0.1) is 13.2 Å². The first-order valence-electron chi connectivity index (χ1n) is 14.4. The van der Waals surface area contributed by atoms with Gasteiger partial charge in [-0.25, -0.2) is 9.13 Å². The summed E-state index contributed by atoms with van der Waals surface area (Å²) in [5.74, 6) is 0. The molecule has 1 aromatic carbocycles. The highest BCUT2D eigenvalue weighted by Crippen LogP contribution is 2.14. The third-order valence-electron chi connectivity index (χ3n) is 6.90. The van der Waals surface area contributed by atoms with Crippen LogP contribution in [0.3, 0.4) is 0 Å². The standard InChI is InChI=1S/C30H53N2O.ClH/c1-3-5-7-9-11-12-13-14-15-16-18-22-26-33-28-32-27-31(25-21-17-10-8-6-4-2)29-23-19-20-24-30(29)32;/h19-20,23-24,27H,3-18,21-22,25-26,28H2,1-2H3;1H/q+1;/p-1. The molecule has 0 bridgehead atoms. The lowest BCUT2D eigenvalue weighted by molar-refractivity contribution is -0.710. The predicted molar refractivity (Wildman–Crippen MR) is 143 cm³/mol. The van der Waals surface area contributed by atoms with Gasteiger partial charge >= 0.3 is 0 Å². The third-order valence-corrected chi connectivity index (χ3v) is 6.90. The molecule has 0 N–H and O–H groups in total. The molecule has 0 radical (unpaired) electrons. The summed E-state index contributed by atoms with van der Waals surface area (Å²) in [6, 6.07) is 8.76. The lowest BCUT2D eigenvalue weighted by atomic mass is 10.1. The number of imidazole rings is 1. The zero-order chi connectivity index (χ0) is 23.4. The van der Waals surface area contributed by atoms with E-state index in [4.69, 9.17) is 4.74 Å². The minimum atomic E-state index is 0. The molecule has 34 heavy (non-hydrogen) atoms. The van der Waals surface area contributed by atoms with Gasteiger partial charge in [0.2, 0.25) is 6.33 Å². The number of hydrogen-bond donors (Lipinski definition) is 0. The highest BCUT2D eigenvalue weighted by Gasteiger charge is 2.14. The molecule has 0 amide bonds. The van der Waals surface area contributed by atoms with Gasteiger partial charge in [0.15, 0.2) is 17.8 Å². The predicted octanol–water partition coefficient (Wildman–Crippen LogP) is 5.97. The molecule has 0 atom stereocenters. The first-order chi connectivity index (χ1) is 16.4. The van der Waals surface area contributed by atoms with E-state index in [0.29, 0.717) is 6.73 Å². The summed E-state index contributed by atoms with van der Waals surface area (Å²) in [7, 11) is 0. The molecule has 0 spiro atoms. The first kappa shape index (κ1) is 31.0. The van der Waals surface area contributed by atoms with Crippen molar-refractivity contribution in [3.8, 4) is 0 Å². The number of aryl methyl sites for hydroxylation is 1. The van der Waals surface area contributed by atoms with Crippen molar-refractivity contribution in [3.05, 3.63) is 30.6 Å². The average molecular weight is 493 g/mol. The molecule has 3 nitrogen and oxygen atoms in total. The Bertz CT molecular complexity index is 715. The van der Waals surface area contributed by atoms with Crippen LogP contribution in [0.5, 0.6) is 0 Å². The van der Waals surface area contributed by atoms with Crippen molar-refractivity contribution in [2.75, 3.05) is 6.61 Å². The van der Waals surface area contributed by atoms with Crippen molar-refractivity contribution in [1.29, 1.82) is 0 Å². The quantitative estimate of drug-likeness (QED) is 0.146. The van der Waals surface area contributed by atoms with Crippen molar-refractivity contribution in [3.63, 3.8) is 0 Å². The summed E-state index contributed by atoms with van der Waals surface area (Å²) in [5.41, 5.74) is 2.62. The zero-order valence-electron chi connectivity index (χ0n) is 22.4. The Morgan fingerprint density at radius 3 is 1.74 bits per heavy atom. The second-order valence-electron chi connectivity index (χ2n) is 9.96. The number of rotatable bonds is 22. The molecule has 0 saturated carbocycles. The molecule has 0 aliphatic heterocycles. The van der Waals surface area contributed by atoms with Crippen LogP contribution in [0.15, 0.2) is 30.6 Å². The number of ether oxygens (including phenoxy) is 1. The van der Waals surface area contributed by atoms with Gasteiger partial charge < -0.3 is 17.1 Å². The summed E-state index contributed by atoms with van der Waals surface area (Å²) >= 11 is 0. The summed E-state index contributed by atoms with van der Waals surface area (Å²) < 4.78 is 10.8. The van der Waals surface area contributed by atoms with E-state index in [-0.39, 0.29) is 12.4 Å². The second kappa shape index (κ2) is 21.2. The van der Waals surface area contributed by atoms with Crippen molar-refractivity contribution in [2.45, 2.75) is 143 Å². The Labute approximate surface area is 217 Å². The topological polar surface area (TPSA) is 18.0 Å². The van der Waals surface area contributed by atoms with E-state index in [0.717, 1.165) is 13.2 Å². The zero-order valence-corrected chi connectivity index (χ0v) is 23.2. The van der Waals surface area contributed by atoms with Crippen LogP contribution < -0.4 is 17.0 Å². The molecule has 0 fully saturated rings. The largest absolute Gasteiger partial charge is 1.00 e. The molecule has 0 unspecified atom stereocenters. The van der Waals surface area contributed by atoms with Gasteiger partial charge in [-0.3, -0.25) is 0 Å². The van der Waals surface area contributed by atoms with Gasteiger partial charge in [0.1, 0.15) is 0 Å². The summed E-state index contributed by atoms with van der Waals surface area (Å²) in [6.45, 7) is 7.23. The van der Waals surface area contributed by atoms with Crippen LogP contribution in [0.2, 0.25) is 0 Å². The molecule has 0 aliphatic carbocycles. The smallest absolute Gasteiger partial charge is 0.246 e. The molecular weight excluding hydrogens is 440 g/mol. The fourth-order valence-electron chi connectivity index (χ4n) is 4.79. The van der Waals surface area contributed by atoms with E-state index in [1.54, 1.807) is 0 Å². The number of fused-ring (bicyclic) bond motifs is 1. The molecular formula is C30H53ClN2O. The SMILES string of the molecule is CCCCCCCCCCCCCCOC[n+]1cn(CCCCCCCC)c2ccccc21.[Cl-]. The van der Waals surface area contributed by atoms with Gasteiger partial charge in [0.25, 0.3) is 0 Å². The number of unbranched alkanes of at least 4 members (excludes halogenated alkanes) is 16.